The van der Waals surface area contributed by atoms with E-state index in [2.05, 4.69) is 43.7 Å². The van der Waals surface area contributed by atoms with E-state index in [9.17, 15) is 0 Å². The summed E-state index contributed by atoms with van der Waals surface area (Å²) in [7, 11) is 1.80. The SMILES string of the molecule is CN=C(NCc1ccccc1-n1ccnc1)NCC(c1ccco1)N1CCCC1. The Labute approximate surface area is 171 Å². The van der Waals surface area contributed by atoms with E-state index in [1.165, 1.54) is 18.4 Å². The van der Waals surface area contributed by atoms with E-state index >= 15 is 0 Å². The number of imidazole rings is 1. The Balaban J connectivity index is 1.39. The zero-order valence-electron chi connectivity index (χ0n) is 16.8. The molecule has 7 nitrogen and oxygen atoms in total. The van der Waals surface area contributed by atoms with Gasteiger partial charge in [-0.05, 0) is 49.7 Å². The van der Waals surface area contributed by atoms with Crippen LogP contribution in [0.4, 0.5) is 0 Å². The first-order chi connectivity index (χ1) is 14.3. The summed E-state index contributed by atoms with van der Waals surface area (Å²) in [6, 6.07) is 12.5. The molecule has 1 aliphatic heterocycles. The van der Waals surface area contributed by atoms with Crippen LogP contribution in [0.15, 0.2) is 70.8 Å². The third-order valence-corrected chi connectivity index (χ3v) is 5.36. The molecule has 0 radical (unpaired) electrons. The van der Waals surface area contributed by atoms with Crippen LogP contribution in [0.5, 0.6) is 0 Å². The van der Waals surface area contributed by atoms with E-state index < -0.39 is 0 Å². The fourth-order valence-electron chi connectivity index (χ4n) is 3.85. The molecule has 0 spiro atoms. The maximum absolute atomic E-state index is 5.71. The van der Waals surface area contributed by atoms with Crippen molar-refractivity contribution in [2.45, 2.75) is 25.4 Å². The van der Waals surface area contributed by atoms with Crippen molar-refractivity contribution in [2.75, 3.05) is 26.7 Å². The lowest BCUT2D eigenvalue weighted by molar-refractivity contribution is 0.215. The lowest BCUT2D eigenvalue weighted by Gasteiger charge is -2.26. The smallest absolute Gasteiger partial charge is 0.191 e. The topological polar surface area (TPSA) is 70.6 Å². The highest BCUT2D eigenvalue weighted by molar-refractivity contribution is 5.79. The highest BCUT2D eigenvalue weighted by Gasteiger charge is 2.25. The van der Waals surface area contributed by atoms with E-state index in [0.29, 0.717) is 6.54 Å². The van der Waals surface area contributed by atoms with Gasteiger partial charge in [-0.3, -0.25) is 9.89 Å². The molecule has 0 bridgehead atoms. The number of hydrogen-bond acceptors (Lipinski definition) is 4. The van der Waals surface area contributed by atoms with Gasteiger partial charge in [-0.25, -0.2) is 4.98 Å². The van der Waals surface area contributed by atoms with Gasteiger partial charge in [0.2, 0.25) is 0 Å². The Hall–Kier alpha value is -3.06. The number of para-hydroxylation sites is 1. The normalized spacial score (nSPS) is 16.1. The minimum atomic E-state index is 0.212. The number of rotatable bonds is 7. The number of aliphatic imine (C=N–C) groups is 1. The van der Waals surface area contributed by atoms with Crippen molar-refractivity contribution in [1.82, 2.24) is 25.1 Å². The van der Waals surface area contributed by atoms with Gasteiger partial charge in [0, 0.05) is 32.5 Å². The first-order valence-corrected chi connectivity index (χ1v) is 10.1. The Morgan fingerprint density at radius 3 is 2.76 bits per heavy atom. The Morgan fingerprint density at radius 1 is 1.17 bits per heavy atom. The molecule has 0 amide bonds. The van der Waals surface area contributed by atoms with Crippen molar-refractivity contribution in [2.24, 2.45) is 4.99 Å². The molecule has 1 aromatic carbocycles. The van der Waals surface area contributed by atoms with Crippen LogP contribution in [0.3, 0.4) is 0 Å². The number of likely N-dealkylation sites (tertiary alicyclic amines) is 1. The zero-order valence-corrected chi connectivity index (χ0v) is 16.8. The average Bonchev–Trinajstić information content (AvgIpc) is 3.54. The van der Waals surface area contributed by atoms with Crippen molar-refractivity contribution < 1.29 is 4.42 Å². The number of guanidine groups is 1. The molecule has 1 atom stereocenters. The summed E-state index contributed by atoms with van der Waals surface area (Å²) in [5.74, 6) is 1.78. The van der Waals surface area contributed by atoms with Gasteiger partial charge in [0.1, 0.15) is 5.76 Å². The van der Waals surface area contributed by atoms with Crippen LogP contribution in [0.25, 0.3) is 5.69 Å². The molecule has 1 fully saturated rings. The summed E-state index contributed by atoms with van der Waals surface area (Å²) in [6.07, 6.45) is 9.80. The van der Waals surface area contributed by atoms with Crippen molar-refractivity contribution in [1.29, 1.82) is 0 Å². The molecule has 4 rings (SSSR count). The molecule has 1 saturated heterocycles. The van der Waals surface area contributed by atoms with Crippen LogP contribution in [0.2, 0.25) is 0 Å². The van der Waals surface area contributed by atoms with Gasteiger partial charge in [0.05, 0.1) is 24.3 Å². The van der Waals surface area contributed by atoms with Gasteiger partial charge in [0.15, 0.2) is 5.96 Å². The van der Waals surface area contributed by atoms with E-state index in [-0.39, 0.29) is 6.04 Å². The summed E-state index contributed by atoms with van der Waals surface area (Å²) < 4.78 is 7.73. The summed E-state index contributed by atoms with van der Waals surface area (Å²) in [4.78, 5) is 11.0. The lowest BCUT2D eigenvalue weighted by atomic mass is 10.1. The van der Waals surface area contributed by atoms with Crippen LogP contribution in [-0.2, 0) is 6.54 Å². The Bertz CT molecular complexity index is 897. The van der Waals surface area contributed by atoms with Gasteiger partial charge >= 0.3 is 0 Å². The molecule has 1 unspecified atom stereocenters. The Kier molecular flexibility index (Phi) is 6.26. The second-order valence-electron chi connectivity index (χ2n) is 7.18. The van der Waals surface area contributed by atoms with Crippen molar-refractivity contribution in [3.63, 3.8) is 0 Å². The van der Waals surface area contributed by atoms with E-state index in [0.717, 1.165) is 37.0 Å². The predicted octanol–water partition coefficient (Wildman–Crippen LogP) is 2.97. The van der Waals surface area contributed by atoms with Gasteiger partial charge in [-0.15, -0.1) is 0 Å². The van der Waals surface area contributed by atoms with E-state index in [4.69, 9.17) is 4.42 Å². The third-order valence-electron chi connectivity index (χ3n) is 5.36. The standard InChI is InChI=1S/C22H28N6O/c1-23-22(25-15-18-7-2-3-8-19(18)28-13-10-24-17-28)26-16-20(21-9-6-14-29-21)27-11-4-5-12-27/h2-3,6-10,13-14,17,20H,4-5,11-12,15-16H2,1H3,(H2,23,25,26). The third kappa shape index (κ3) is 4.68. The molecular formula is C22H28N6O. The minimum absolute atomic E-state index is 0.212. The quantitative estimate of drug-likeness (QED) is 0.478. The van der Waals surface area contributed by atoms with E-state index in [1.54, 1.807) is 19.5 Å². The zero-order chi connectivity index (χ0) is 19.9. The minimum Gasteiger partial charge on any atom is -0.468 e. The summed E-state index contributed by atoms with van der Waals surface area (Å²) in [6.45, 7) is 3.63. The van der Waals surface area contributed by atoms with Crippen LogP contribution < -0.4 is 10.6 Å². The Morgan fingerprint density at radius 2 is 2.03 bits per heavy atom. The molecular weight excluding hydrogens is 364 g/mol. The summed E-state index contributed by atoms with van der Waals surface area (Å²) in [5, 5.41) is 6.91. The fraction of sp³-hybridized carbons (Fsp3) is 0.364. The molecule has 3 aromatic rings. The van der Waals surface area contributed by atoms with Gasteiger partial charge in [-0.2, -0.15) is 0 Å². The first-order valence-electron chi connectivity index (χ1n) is 10.1. The molecule has 3 heterocycles. The number of aromatic nitrogens is 2. The van der Waals surface area contributed by atoms with E-state index in [1.807, 2.05) is 35.3 Å². The van der Waals surface area contributed by atoms with Gasteiger partial charge in [0.25, 0.3) is 0 Å². The molecule has 2 N–H and O–H groups in total. The number of hydrogen-bond donors (Lipinski definition) is 2. The van der Waals surface area contributed by atoms with Crippen LogP contribution in [0, 0.1) is 0 Å². The number of furan rings is 1. The number of nitrogens with one attached hydrogen (secondary N) is 2. The maximum atomic E-state index is 5.71. The average molecular weight is 393 g/mol. The van der Waals surface area contributed by atoms with Crippen LogP contribution >= 0.6 is 0 Å². The second-order valence-corrected chi connectivity index (χ2v) is 7.18. The molecule has 0 aliphatic carbocycles. The number of benzene rings is 1. The molecule has 152 valence electrons. The highest BCUT2D eigenvalue weighted by Crippen LogP contribution is 2.24. The van der Waals surface area contributed by atoms with Crippen molar-refractivity contribution in [3.8, 4) is 5.69 Å². The van der Waals surface area contributed by atoms with Gasteiger partial charge < -0.3 is 19.6 Å². The fourth-order valence-corrected chi connectivity index (χ4v) is 3.85. The second kappa shape index (κ2) is 9.43. The number of nitrogens with zero attached hydrogens (tertiary/aromatic N) is 4. The predicted molar refractivity (Wildman–Crippen MR) is 114 cm³/mol. The molecule has 1 aliphatic rings. The van der Waals surface area contributed by atoms with Crippen LogP contribution in [0.1, 0.15) is 30.2 Å². The molecule has 2 aromatic heterocycles. The monoisotopic (exact) mass is 392 g/mol. The lowest BCUT2D eigenvalue weighted by Crippen LogP contribution is -2.42. The molecule has 7 heteroatoms. The molecule has 29 heavy (non-hydrogen) atoms. The van der Waals surface area contributed by atoms with Crippen LogP contribution in [-0.4, -0.2) is 47.1 Å². The summed E-state index contributed by atoms with van der Waals surface area (Å²) in [5.41, 5.74) is 2.29. The molecule has 0 saturated carbocycles. The first kappa shape index (κ1) is 19.3. The van der Waals surface area contributed by atoms with Crippen molar-refractivity contribution in [3.05, 3.63) is 72.7 Å². The highest BCUT2D eigenvalue weighted by atomic mass is 16.3. The summed E-state index contributed by atoms with van der Waals surface area (Å²) >= 11 is 0. The largest absolute Gasteiger partial charge is 0.468 e. The van der Waals surface area contributed by atoms with Crippen molar-refractivity contribution >= 4 is 5.96 Å². The maximum Gasteiger partial charge on any atom is 0.191 e. The van der Waals surface area contributed by atoms with Gasteiger partial charge in [-0.1, -0.05) is 18.2 Å².